The van der Waals surface area contributed by atoms with Gasteiger partial charge in [-0.2, -0.15) is 0 Å². The van der Waals surface area contributed by atoms with Crippen molar-refractivity contribution < 1.29 is 8.42 Å². The highest BCUT2D eigenvalue weighted by Crippen LogP contribution is 2.19. The molecule has 0 aliphatic carbocycles. The summed E-state index contributed by atoms with van der Waals surface area (Å²) in [5, 5.41) is 2.46. The molecule has 0 bridgehead atoms. The van der Waals surface area contributed by atoms with Crippen molar-refractivity contribution in [3.8, 4) is 0 Å². The van der Waals surface area contributed by atoms with E-state index in [1.165, 1.54) is 0 Å². The molecule has 1 N–H and O–H groups in total. The van der Waals surface area contributed by atoms with E-state index < -0.39 is 10.0 Å². The number of piperazine rings is 1. The fraction of sp³-hybridized carbons (Fsp3) is 0.348. The number of sulfonamides is 1. The summed E-state index contributed by atoms with van der Waals surface area (Å²) in [5.74, 6) is 0. The molecule has 164 valence electrons. The maximum absolute atomic E-state index is 12.9. The lowest BCUT2D eigenvalue weighted by Crippen LogP contribution is -2.50. The van der Waals surface area contributed by atoms with E-state index in [4.69, 9.17) is 11.6 Å². The highest BCUT2D eigenvalue weighted by atomic mass is 35.5. The predicted molar refractivity (Wildman–Crippen MR) is 125 cm³/mol. The molecule has 1 saturated heterocycles. The van der Waals surface area contributed by atoms with Gasteiger partial charge < -0.3 is 0 Å². The number of fused-ring (bicyclic) bond motifs is 1. The van der Waals surface area contributed by atoms with Crippen molar-refractivity contribution in [2.24, 2.45) is 0 Å². The first-order valence-electron chi connectivity index (χ1n) is 10.5. The van der Waals surface area contributed by atoms with Crippen LogP contribution in [0.4, 0.5) is 0 Å². The van der Waals surface area contributed by atoms with Crippen molar-refractivity contribution in [1.29, 1.82) is 0 Å². The maximum atomic E-state index is 12.9. The van der Waals surface area contributed by atoms with Crippen LogP contribution in [-0.4, -0.2) is 62.0 Å². The van der Waals surface area contributed by atoms with E-state index in [1.807, 2.05) is 55.6 Å². The molecular formula is C23H27ClN4O2S. The van der Waals surface area contributed by atoms with Crippen molar-refractivity contribution in [3.63, 3.8) is 0 Å². The molecule has 4 rings (SSSR count). The van der Waals surface area contributed by atoms with Gasteiger partial charge in [-0.05, 0) is 41.5 Å². The lowest BCUT2D eigenvalue weighted by Gasteiger charge is -2.36. The third-order valence-corrected chi connectivity index (χ3v) is 7.39. The Kier molecular flexibility index (Phi) is 6.89. The molecular weight excluding hydrogens is 432 g/mol. The van der Waals surface area contributed by atoms with E-state index in [2.05, 4.69) is 19.5 Å². The molecule has 1 aliphatic rings. The van der Waals surface area contributed by atoms with Gasteiger partial charge in [0.05, 0.1) is 4.90 Å². The van der Waals surface area contributed by atoms with Crippen molar-refractivity contribution in [2.45, 2.75) is 24.4 Å². The normalized spacial score (nSPS) is 17.1. The average Bonchev–Trinajstić information content (AvgIpc) is 2.76. The summed E-state index contributed by atoms with van der Waals surface area (Å²) in [6.07, 6.45) is 1.82. The van der Waals surface area contributed by atoms with E-state index in [0.717, 1.165) is 49.1 Å². The first-order valence-corrected chi connectivity index (χ1v) is 12.3. The fourth-order valence-electron chi connectivity index (χ4n) is 3.98. The minimum atomic E-state index is -3.56. The number of benzene rings is 2. The number of nitrogens with one attached hydrogen (secondary N) is 1. The average molecular weight is 459 g/mol. The molecule has 1 aliphatic heterocycles. The minimum absolute atomic E-state index is 0.177. The second-order valence-corrected chi connectivity index (χ2v) is 10.2. The number of nitrogens with zero attached hydrogens (tertiary/aromatic N) is 3. The number of hydrogen-bond acceptors (Lipinski definition) is 5. The second kappa shape index (κ2) is 9.63. The number of aromatic nitrogens is 1. The summed E-state index contributed by atoms with van der Waals surface area (Å²) in [7, 11) is -3.56. The quantitative estimate of drug-likeness (QED) is 0.550. The zero-order valence-electron chi connectivity index (χ0n) is 17.5. The Morgan fingerprint density at radius 1 is 1.00 bits per heavy atom. The Morgan fingerprint density at radius 2 is 1.71 bits per heavy atom. The Bertz CT molecular complexity index is 1130. The summed E-state index contributed by atoms with van der Waals surface area (Å²) in [5.41, 5.74) is 1.15. The Morgan fingerprint density at radius 3 is 2.42 bits per heavy atom. The van der Waals surface area contributed by atoms with Crippen LogP contribution in [0.5, 0.6) is 0 Å². The number of hydrogen-bond donors (Lipinski definition) is 1. The number of rotatable bonds is 7. The molecule has 0 radical (unpaired) electrons. The van der Waals surface area contributed by atoms with Gasteiger partial charge in [0, 0.05) is 51.5 Å². The van der Waals surface area contributed by atoms with Crippen LogP contribution in [0.15, 0.2) is 65.7 Å². The Labute approximate surface area is 188 Å². The second-order valence-electron chi connectivity index (χ2n) is 8.10. The fourth-order valence-corrected chi connectivity index (χ4v) is 5.36. The zero-order valence-corrected chi connectivity index (χ0v) is 19.1. The Hall–Kier alpha value is -2.03. The first-order chi connectivity index (χ1) is 14.9. The number of pyridine rings is 1. The molecule has 8 heteroatoms. The Balaban J connectivity index is 1.29. The maximum Gasteiger partial charge on any atom is 0.240 e. The van der Waals surface area contributed by atoms with Crippen LogP contribution in [0.1, 0.15) is 12.5 Å². The topological polar surface area (TPSA) is 65.5 Å². The zero-order chi connectivity index (χ0) is 21.8. The molecule has 6 nitrogen and oxygen atoms in total. The lowest BCUT2D eigenvalue weighted by molar-refractivity contribution is 0.122. The van der Waals surface area contributed by atoms with Crippen LogP contribution >= 0.6 is 11.6 Å². The molecule has 1 aromatic heterocycles. The summed E-state index contributed by atoms with van der Waals surface area (Å²) < 4.78 is 28.5. The van der Waals surface area contributed by atoms with Crippen LogP contribution < -0.4 is 4.72 Å². The summed E-state index contributed by atoms with van der Waals surface area (Å²) in [4.78, 5) is 9.13. The van der Waals surface area contributed by atoms with E-state index in [-0.39, 0.29) is 6.04 Å². The predicted octanol–water partition coefficient (Wildman–Crippen LogP) is 3.37. The number of halogens is 1. The van der Waals surface area contributed by atoms with Gasteiger partial charge in [0.25, 0.3) is 0 Å². The van der Waals surface area contributed by atoms with E-state index in [9.17, 15) is 8.42 Å². The van der Waals surface area contributed by atoms with Crippen molar-refractivity contribution in [1.82, 2.24) is 19.5 Å². The van der Waals surface area contributed by atoms with Crippen molar-refractivity contribution in [2.75, 3.05) is 32.7 Å². The van der Waals surface area contributed by atoms with Gasteiger partial charge in [-0.15, -0.1) is 0 Å². The van der Waals surface area contributed by atoms with Crippen LogP contribution in [0.2, 0.25) is 5.15 Å². The van der Waals surface area contributed by atoms with Crippen LogP contribution in [0.3, 0.4) is 0 Å². The molecule has 1 atom stereocenters. The van der Waals surface area contributed by atoms with Gasteiger partial charge in [-0.1, -0.05) is 48.0 Å². The van der Waals surface area contributed by atoms with Crippen molar-refractivity contribution >= 4 is 32.4 Å². The molecule has 0 unspecified atom stereocenters. The van der Waals surface area contributed by atoms with Gasteiger partial charge in [0.15, 0.2) is 0 Å². The SMILES string of the molecule is C[C@H](CN1CCN(Cc2ccc(Cl)nc2)CC1)NS(=O)(=O)c1ccc2ccccc2c1. The van der Waals surface area contributed by atoms with Crippen molar-refractivity contribution in [3.05, 3.63) is 71.5 Å². The molecule has 0 amide bonds. The summed E-state index contributed by atoms with van der Waals surface area (Å²) >= 11 is 5.85. The van der Waals surface area contributed by atoms with Gasteiger partial charge in [0.1, 0.15) is 5.15 Å². The van der Waals surface area contributed by atoms with Crippen LogP contribution in [0, 0.1) is 0 Å². The van der Waals surface area contributed by atoms with Gasteiger partial charge in [-0.25, -0.2) is 18.1 Å². The van der Waals surface area contributed by atoms with E-state index >= 15 is 0 Å². The largest absolute Gasteiger partial charge is 0.299 e. The third kappa shape index (κ3) is 5.81. The van der Waals surface area contributed by atoms with Crippen LogP contribution in [0.25, 0.3) is 10.8 Å². The van der Waals surface area contributed by atoms with Gasteiger partial charge >= 0.3 is 0 Å². The van der Waals surface area contributed by atoms with E-state index in [0.29, 0.717) is 16.6 Å². The summed E-state index contributed by atoms with van der Waals surface area (Å²) in [6.45, 7) is 7.14. The summed E-state index contributed by atoms with van der Waals surface area (Å²) in [6, 6.07) is 16.7. The molecule has 0 saturated carbocycles. The lowest BCUT2D eigenvalue weighted by atomic mass is 10.1. The molecule has 2 aromatic carbocycles. The molecule has 31 heavy (non-hydrogen) atoms. The molecule has 0 spiro atoms. The first kappa shape index (κ1) is 22.2. The standard InChI is InChI=1S/C23H27ClN4O2S/c1-18(26-31(29,30)22-8-7-20-4-2-3-5-21(20)14-22)16-27-10-12-28(13-11-27)17-19-6-9-23(24)25-15-19/h2-9,14-15,18,26H,10-13,16-17H2,1H3/t18-/m1/s1. The highest BCUT2D eigenvalue weighted by molar-refractivity contribution is 7.89. The minimum Gasteiger partial charge on any atom is -0.299 e. The highest BCUT2D eigenvalue weighted by Gasteiger charge is 2.22. The molecule has 1 fully saturated rings. The molecule has 3 aromatic rings. The van der Waals surface area contributed by atoms with Crippen LogP contribution in [-0.2, 0) is 16.6 Å². The molecule has 2 heterocycles. The smallest absolute Gasteiger partial charge is 0.240 e. The third-order valence-electron chi connectivity index (χ3n) is 5.58. The van der Waals surface area contributed by atoms with Gasteiger partial charge in [-0.3, -0.25) is 9.80 Å². The monoisotopic (exact) mass is 458 g/mol. The van der Waals surface area contributed by atoms with Gasteiger partial charge in [0.2, 0.25) is 10.0 Å². The van der Waals surface area contributed by atoms with E-state index in [1.54, 1.807) is 12.1 Å².